The molecule has 0 N–H and O–H groups in total. The molecule has 2 heterocycles. The Balaban J connectivity index is 1.89. The van der Waals surface area contributed by atoms with Crippen molar-refractivity contribution in [2.24, 2.45) is 7.05 Å². The van der Waals surface area contributed by atoms with E-state index in [1.54, 1.807) is 0 Å². The van der Waals surface area contributed by atoms with Gasteiger partial charge in [0.25, 0.3) is 5.88 Å². The van der Waals surface area contributed by atoms with Crippen LogP contribution in [0.4, 0.5) is 0 Å². The summed E-state index contributed by atoms with van der Waals surface area (Å²) < 4.78 is 16.4. The molecule has 5 heteroatoms. The number of nitrogens with zero attached hydrogens (tertiary/aromatic N) is 3. The number of ether oxygens (including phenoxy) is 1. The van der Waals surface area contributed by atoms with Gasteiger partial charge >= 0.3 is 0 Å². The van der Waals surface area contributed by atoms with Gasteiger partial charge in [0.1, 0.15) is 7.05 Å². The number of pyridine rings is 1. The van der Waals surface area contributed by atoms with Gasteiger partial charge in [-0.05, 0) is 12.5 Å². The number of unbranched alkanes of at least 4 members (excludes halogenated alkanes) is 4. The Hall–Kier alpha value is -1.49. The van der Waals surface area contributed by atoms with E-state index in [-0.39, 0.29) is 0 Å². The lowest BCUT2D eigenvalue weighted by molar-refractivity contribution is -0.671. The van der Waals surface area contributed by atoms with Crippen molar-refractivity contribution in [3.05, 3.63) is 24.5 Å². The minimum Gasteiger partial charge on any atom is -0.475 e. The zero-order valence-corrected chi connectivity index (χ0v) is 13.0. The van der Waals surface area contributed by atoms with Crippen molar-refractivity contribution >= 4 is 11.7 Å². The second-order valence-corrected chi connectivity index (χ2v) is 5.47. The van der Waals surface area contributed by atoms with E-state index in [1.165, 1.54) is 37.4 Å². The molecule has 2 aromatic rings. The van der Waals surface area contributed by atoms with Crippen LogP contribution in [0.15, 0.2) is 24.5 Å². The zero-order chi connectivity index (χ0) is 14.2. The first-order valence-corrected chi connectivity index (χ1v) is 7.95. The van der Waals surface area contributed by atoms with Crippen LogP contribution in [0.1, 0.15) is 39.0 Å². The van der Waals surface area contributed by atoms with E-state index >= 15 is 0 Å². The van der Waals surface area contributed by atoms with E-state index in [1.807, 2.05) is 36.1 Å². The summed E-state index contributed by atoms with van der Waals surface area (Å²) in [5.74, 6) is 0.664. The number of aromatic nitrogens is 3. The molecule has 2 aromatic heterocycles. The van der Waals surface area contributed by atoms with Gasteiger partial charge in [0.05, 0.1) is 23.9 Å². The molecular weight excluding hydrogens is 270 g/mol. The van der Waals surface area contributed by atoms with Gasteiger partial charge in [-0.15, -0.1) is 4.37 Å². The Morgan fingerprint density at radius 3 is 2.85 bits per heavy atom. The van der Waals surface area contributed by atoms with Crippen LogP contribution in [-0.4, -0.2) is 15.4 Å². The van der Waals surface area contributed by atoms with E-state index in [9.17, 15) is 0 Å². The summed E-state index contributed by atoms with van der Waals surface area (Å²) in [7, 11) is 2.00. The van der Waals surface area contributed by atoms with Crippen molar-refractivity contribution in [1.82, 2.24) is 8.75 Å². The highest BCUT2D eigenvalue weighted by atomic mass is 32.1. The quantitative estimate of drug-likeness (QED) is 0.553. The first kappa shape index (κ1) is 14.9. The summed E-state index contributed by atoms with van der Waals surface area (Å²) in [6, 6.07) is 4.04. The van der Waals surface area contributed by atoms with E-state index in [0.717, 1.165) is 24.3 Å². The minimum atomic E-state index is 0.664. The Morgan fingerprint density at radius 1 is 1.20 bits per heavy atom. The molecule has 0 bridgehead atoms. The van der Waals surface area contributed by atoms with E-state index in [2.05, 4.69) is 15.7 Å². The van der Waals surface area contributed by atoms with Gasteiger partial charge in [0, 0.05) is 6.07 Å². The van der Waals surface area contributed by atoms with E-state index in [4.69, 9.17) is 4.74 Å². The van der Waals surface area contributed by atoms with Crippen molar-refractivity contribution in [2.75, 3.05) is 6.61 Å². The van der Waals surface area contributed by atoms with Crippen LogP contribution in [0.2, 0.25) is 0 Å². The first-order chi connectivity index (χ1) is 9.81. The van der Waals surface area contributed by atoms with Crippen molar-refractivity contribution in [2.45, 2.75) is 39.0 Å². The van der Waals surface area contributed by atoms with Crippen LogP contribution in [-0.2, 0) is 7.05 Å². The minimum absolute atomic E-state index is 0.664. The van der Waals surface area contributed by atoms with Crippen LogP contribution in [0.3, 0.4) is 0 Å². The Kier molecular flexibility index (Phi) is 5.92. The SMILES string of the molecule is CCCCCCCOc1nsnc1-c1ccc[n+](C)c1. The fraction of sp³-hybridized carbons (Fsp3) is 0.533. The van der Waals surface area contributed by atoms with Gasteiger partial charge in [0.15, 0.2) is 18.1 Å². The third-order valence-corrected chi connectivity index (χ3v) is 3.67. The van der Waals surface area contributed by atoms with Gasteiger partial charge in [-0.1, -0.05) is 32.6 Å². The van der Waals surface area contributed by atoms with Gasteiger partial charge in [-0.2, -0.15) is 4.37 Å². The van der Waals surface area contributed by atoms with Crippen LogP contribution in [0.5, 0.6) is 5.88 Å². The molecule has 0 amide bonds. The zero-order valence-electron chi connectivity index (χ0n) is 12.2. The van der Waals surface area contributed by atoms with Gasteiger partial charge in [-0.25, -0.2) is 4.57 Å². The van der Waals surface area contributed by atoms with Crippen molar-refractivity contribution in [3.8, 4) is 17.1 Å². The van der Waals surface area contributed by atoms with Crippen LogP contribution in [0.25, 0.3) is 11.3 Å². The Morgan fingerprint density at radius 2 is 2.05 bits per heavy atom. The lowest BCUT2D eigenvalue weighted by atomic mass is 10.2. The van der Waals surface area contributed by atoms with Crippen molar-refractivity contribution in [3.63, 3.8) is 0 Å². The number of hydrogen-bond acceptors (Lipinski definition) is 4. The molecule has 0 radical (unpaired) electrons. The summed E-state index contributed by atoms with van der Waals surface area (Å²) in [6.45, 7) is 2.95. The monoisotopic (exact) mass is 292 g/mol. The number of aryl methyl sites for hydroxylation is 1. The third-order valence-electron chi connectivity index (χ3n) is 3.16. The molecule has 0 aliphatic carbocycles. The first-order valence-electron chi connectivity index (χ1n) is 7.22. The fourth-order valence-electron chi connectivity index (χ4n) is 2.05. The fourth-order valence-corrected chi connectivity index (χ4v) is 2.57. The average molecular weight is 292 g/mol. The van der Waals surface area contributed by atoms with Crippen LogP contribution < -0.4 is 9.30 Å². The van der Waals surface area contributed by atoms with Crippen molar-refractivity contribution in [1.29, 1.82) is 0 Å². The third kappa shape index (κ3) is 4.27. The second kappa shape index (κ2) is 7.94. The average Bonchev–Trinajstić information content (AvgIpc) is 2.91. The second-order valence-electron chi connectivity index (χ2n) is 4.94. The summed E-state index contributed by atoms with van der Waals surface area (Å²) in [6.07, 6.45) is 10.2. The molecule has 0 atom stereocenters. The van der Waals surface area contributed by atoms with E-state index < -0.39 is 0 Å². The molecule has 0 aliphatic rings. The van der Waals surface area contributed by atoms with Gasteiger partial charge < -0.3 is 4.74 Å². The Labute approximate surface area is 124 Å². The maximum atomic E-state index is 5.78. The highest BCUT2D eigenvalue weighted by molar-refractivity contribution is 6.99. The number of rotatable bonds is 8. The molecule has 0 saturated carbocycles. The predicted octanol–water partition coefficient (Wildman–Crippen LogP) is 3.38. The largest absolute Gasteiger partial charge is 0.475 e. The Bertz CT molecular complexity index is 527. The summed E-state index contributed by atoms with van der Waals surface area (Å²) in [4.78, 5) is 0. The van der Waals surface area contributed by atoms with Gasteiger partial charge in [0.2, 0.25) is 0 Å². The lowest BCUT2D eigenvalue weighted by Gasteiger charge is -2.04. The molecule has 0 aliphatic heterocycles. The molecule has 20 heavy (non-hydrogen) atoms. The maximum absolute atomic E-state index is 5.78. The predicted molar refractivity (Wildman–Crippen MR) is 80.8 cm³/mol. The topological polar surface area (TPSA) is 38.9 Å². The van der Waals surface area contributed by atoms with Gasteiger partial charge in [-0.3, -0.25) is 0 Å². The normalized spacial score (nSPS) is 10.7. The lowest BCUT2D eigenvalue weighted by Crippen LogP contribution is -2.26. The molecule has 0 aromatic carbocycles. The van der Waals surface area contributed by atoms with Crippen LogP contribution in [0, 0.1) is 0 Å². The highest BCUT2D eigenvalue weighted by Gasteiger charge is 2.14. The van der Waals surface area contributed by atoms with E-state index in [0.29, 0.717) is 5.88 Å². The molecular formula is C15H22N3OS+. The molecule has 2 rings (SSSR count). The molecule has 0 spiro atoms. The number of hydrogen-bond donors (Lipinski definition) is 0. The molecule has 0 unspecified atom stereocenters. The van der Waals surface area contributed by atoms with Crippen LogP contribution >= 0.6 is 11.7 Å². The summed E-state index contributed by atoms with van der Waals surface area (Å²) >= 11 is 1.20. The smallest absolute Gasteiger partial charge is 0.254 e. The molecule has 108 valence electrons. The highest BCUT2D eigenvalue weighted by Crippen LogP contribution is 2.26. The maximum Gasteiger partial charge on any atom is 0.254 e. The standard InChI is InChI=1S/C15H22N3OS/c1-3-4-5-6-7-11-19-15-14(16-20-17-15)13-9-8-10-18(2)12-13/h8-10,12H,3-7,11H2,1-2H3/q+1. The molecule has 4 nitrogen and oxygen atoms in total. The summed E-state index contributed by atoms with van der Waals surface area (Å²) in [5.41, 5.74) is 1.89. The van der Waals surface area contributed by atoms with Crippen molar-refractivity contribution < 1.29 is 9.30 Å². The molecule has 0 fully saturated rings. The molecule has 0 saturated heterocycles. The summed E-state index contributed by atoms with van der Waals surface area (Å²) in [5, 5.41) is 0.